The minimum Gasteiger partial charge on any atom is -0.363 e. The van der Waals surface area contributed by atoms with Gasteiger partial charge in [0.1, 0.15) is 5.78 Å². The van der Waals surface area contributed by atoms with Crippen molar-refractivity contribution in [3.8, 4) is 0 Å². The highest BCUT2D eigenvalue weighted by Gasteiger charge is 2.85. The van der Waals surface area contributed by atoms with Crippen LogP contribution in [0.5, 0.6) is 0 Å². The quantitative estimate of drug-likeness (QED) is 0.200. The fourth-order valence-corrected chi connectivity index (χ4v) is 12.5. The number of hydrogen-bond acceptors (Lipinski definition) is 7. The molecular formula is C43H70N4O5. The molecule has 0 aromatic heterocycles. The number of primary amides is 1. The van der Waals surface area contributed by atoms with Crippen molar-refractivity contribution in [3.05, 3.63) is 0 Å². The Balaban J connectivity index is 1.20. The average Bonchev–Trinajstić information content (AvgIpc) is 3.25. The number of rotatable bonds is 15. The van der Waals surface area contributed by atoms with Gasteiger partial charge in [0.2, 0.25) is 11.7 Å². The minimum absolute atomic E-state index is 0.00888. The number of carbonyl (C=O) groups excluding carboxylic acids is 5. The van der Waals surface area contributed by atoms with E-state index in [1.807, 2.05) is 18.7 Å². The highest BCUT2D eigenvalue weighted by atomic mass is 16.2. The molecule has 2 saturated heterocycles. The molecule has 2 heterocycles. The number of fused-ring (bicyclic) bond motifs is 1. The molecule has 9 heteroatoms. The molecule has 0 bridgehead atoms. The normalized spacial score (nSPS) is 32.3. The van der Waals surface area contributed by atoms with Gasteiger partial charge < -0.3 is 10.6 Å². The van der Waals surface area contributed by atoms with Crippen LogP contribution >= 0.6 is 0 Å². The summed E-state index contributed by atoms with van der Waals surface area (Å²) in [5.74, 6) is -2.60. The maximum absolute atomic E-state index is 14.9. The highest BCUT2D eigenvalue weighted by Crippen LogP contribution is 2.88. The summed E-state index contributed by atoms with van der Waals surface area (Å²) in [5.41, 5.74) is 5.44. The Labute approximate surface area is 313 Å². The van der Waals surface area contributed by atoms with E-state index in [1.165, 1.54) is 12.8 Å². The lowest BCUT2D eigenvalue weighted by atomic mass is 9.69. The largest absolute Gasteiger partial charge is 0.363 e. The molecule has 2 amide bonds. The van der Waals surface area contributed by atoms with E-state index in [0.29, 0.717) is 43.8 Å². The van der Waals surface area contributed by atoms with Gasteiger partial charge in [-0.05, 0) is 87.5 Å². The van der Waals surface area contributed by atoms with Crippen molar-refractivity contribution < 1.29 is 24.0 Å². The van der Waals surface area contributed by atoms with Crippen molar-refractivity contribution in [1.82, 2.24) is 14.7 Å². The first kappa shape index (κ1) is 39.6. The van der Waals surface area contributed by atoms with Crippen LogP contribution in [0.2, 0.25) is 0 Å². The van der Waals surface area contributed by atoms with Gasteiger partial charge in [-0.1, -0.05) is 72.6 Å². The molecule has 2 N–H and O–H groups in total. The maximum atomic E-state index is 14.9. The Morgan fingerprint density at radius 2 is 1.46 bits per heavy atom. The molecule has 4 aliphatic carbocycles. The third-order valence-electron chi connectivity index (χ3n) is 16.4. The SMILES string of the molecule is CC(C)[C@H](CC(=O)CC1(CN2C[C@@H](C)N(C)[C@@H](C)C2)CCCCC1)C(=O)N1C[C@]2(C[C@H]1C(=O)CC(CC1CCC1)C(=O)C(N)=O)C(C)(C)C21CCC1. The molecule has 4 saturated carbocycles. The van der Waals surface area contributed by atoms with E-state index in [4.69, 9.17) is 5.73 Å². The monoisotopic (exact) mass is 723 g/mol. The number of piperazine rings is 1. The third kappa shape index (κ3) is 6.97. The molecule has 6 atom stereocenters. The molecule has 2 spiro atoms. The van der Waals surface area contributed by atoms with Gasteiger partial charge in [-0.15, -0.1) is 0 Å². The van der Waals surface area contributed by atoms with Crippen molar-refractivity contribution >= 4 is 29.2 Å². The van der Waals surface area contributed by atoms with Crippen molar-refractivity contribution in [2.45, 2.75) is 162 Å². The number of likely N-dealkylation sites (tertiary alicyclic amines) is 1. The zero-order chi connectivity index (χ0) is 37.8. The first-order valence-corrected chi connectivity index (χ1v) is 21.1. The molecule has 1 unspecified atom stereocenters. The van der Waals surface area contributed by atoms with Gasteiger partial charge >= 0.3 is 0 Å². The summed E-state index contributed by atoms with van der Waals surface area (Å²) in [7, 11) is 2.21. The van der Waals surface area contributed by atoms with Gasteiger partial charge in [-0.25, -0.2) is 0 Å². The summed E-state index contributed by atoms with van der Waals surface area (Å²) < 4.78 is 0. The van der Waals surface area contributed by atoms with E-state index >= 15 is 0 Å². The summed E-state index contributed by atoms with van der Waals surface area (Å²) in [6, 6.07) is 0.305. The van der Waals surface area contributed by atoms with E-state index in [2.05, 4.69) is 44.5 Å². The lowest BCUT2D eigenvalue weighted by Crippen LogP contribution is -2.57. The standard InChI is InChI=1S/C43H70N4O5/c1-28(2)34(21-33(48)22-41(15-9-8-10-16-41)26-46-24-29(3)45(7)30(4)25-46)39(52)47-27-43(40(5,6)42(43)17-12-18-42)23-35(47)36(49)20-32(37(50)38(44)51)19-31-13-11-14-31/h28-32,34-35H,8-27H2,1-7H3,(H2,44,51)/t29-,30+,32?,34-,35-,43+/m0/s1. The van der Waals surface area contributed by atoms with Crippen LogP contribution in [0.3, 0.4) is 0 Å². The Morgan fingerprint density at radius 3 is 1.96 bits per heavy atom. The number of carbonyl (C=O) groups is 5. The van der Waals surface area contributed by atoms with Crippen LogP contribution in [-0.2, 0) is 24.0 Å². The van der Waals surface area contributed by atoms with E-state index < -0.39 is 29.6 Å². The van der Waals surface area contributed by atoms with E-state index in [9.17, 15) is 24.0 Å². The van der Waals surface area contributed by atoms with Crippen molar-refractivity contribution in [3.63, 3.8) is 0 Å². The number of nitrogens with zero attached hydrogens (tertiary/aromatic N) is 3. The summed E-state index contributed by atoms with van der Waals surface area (Å²) in [4.78, 5) is 75.6. The molecule has 0 aromatic carbocycles. The zero-order valence-electron chi connectivity index (χ0n) is 33.6. The molecule has 0 aromatic rings. The van der Waals surface area contributed by atoms with E-state index in [1.54, 1.807) is 0 Å². The smallest absolute Gasteiger partial charge is 0.285 e. The number of ketones is 3. The van der Waals surface area contributed by atoms with Gasteiger partial charge in [0, 0.05) is 74.8 Å². The third-order valence-corrected chi connectivity index (χ3v) is 16.4. The minimum atomic E-state index is -0.976. The summed E-state index contributed by atoms with van der Waals surface area (Å²) in [5, 5.41) is 0. The first-order valence-electron chi connectivity index (χ1n) is 21.1. The molecule has 6 rings (SSSR count). The van der Waals surface area contributed by atoms with Crippen LogP contribution in [0.4, 0.5) is 0 Å². The van der Waals surface area contributed by atoms with Crippen molar-refractivity contribution in [2.75, 3.05) is 33.2 Å². The van der Waals surface area contributed by atoms with Gasteiger partial charge in [0.15, 0.2) is 5.78 Å². The summed E-state index contributed by atoms with van der Waals surface area (Å²) in [6.45, 7) is 16.8. The van der Waals surface area contributed by atoms with Gasteiger partial charge in [0.05, 0.1) is 6.04 Å². The molecule has 9 nitrogen and oxygen atoms in total. The fourth-order valence-electron chi connectivity index (χ4n) is 12.5. The lowest BCUT2D eigenvalue weighted by molar-refractivity contribution is -0.145. The van der Waals surface area contributed by atoms with Crippen LogP contribution < -0.4 is 5.73 Å². The topological polar surface area (TPSA) is 121 Å². The van der Waals surface area contributed by atoms with Crippen LogP contribution in [0.15, 0.2) is 0 Å². The van der Waals surface area contributed by atoms with E-state index in [-0.39, 0.29) is 57.9 Å². The highest BCUT2D eigenvalue weighted by molar-refractivity contribution is 6.36. The molecule has 0 radical (unpaired) electrons. The average molecular weight is 723 g/mol. The molecular weight excluding hydrogens is 652 g/mol. The van der Waals surface area contributed by atoms with Gasteiger partial charge in [-0.3, -0.25) is 33.8 Å². The Hall–Kier alpha value is -2.13. The van der Waals surface area contributed by atoms with Crippen LogP contribution in [0.1, 0.15) is 144 Å². The molecule has 292 valence electrons. The second-order valence-corrected chi connectivity index (χ2v) is 19.8. The van der Waals surface area contributed by atoms with Crippen molar-refractivity contribution in [1.29, 1.82) is 0 Å². The van der Waals surface area contributed by atoms with Crippen molar-refractivity contribution in [2.24, 2.45) is 51.1 Å². The van der Waals surface area contributed by atoms with Crippen LogP contribution in [0, 0.1) is 45.3 Å². The maximum Gasteiger partial charge on any atom is 0.285 e. The Kier molecular flexibility index (Phi) is 11.3. The Bertz CT molecular complexity index is 1380. The van der Waals surface area contributed by atoms with Gasteiger partial charge in [0.25, 0.3) is 5.91 Å². The summed E-state index contributed by atoms with van der Waals surface area (Å²) >= 11 is 0. The number of nitrogens with two attached hydrogens (primary N) is 1. The van der Waals surface area contributed by atoms with E-state index in [0.717, 1.165) is 77.4 Å². The lowest BCUT2D eigenvalue weighted by Gasteiger charge is -2.47. The molecule has 2 aliphatic heterocycles. The van der Waals surface area contributed by atoms with Gasteiger partial charge in [-0.2, -0.15) is 0 Å². The predicted molar refractivity (Wildman–Crippen MR) is 203 cm³/mol. The number of Topliss-reactive ketones (excluding diaryl/α,β-unsaturated/α-hetero) is 3. The zero-order valence-corrected chi connectivity index (χ0v) is 33.6. The number of hydrogen-bond donors (Lipinski definition) is 1. The van der Waals surface area contributed by atoms with Crippen LogP contribution in [-0.4, -0.2) is 95.2 Å². The predicted octanol–water partition coefficient (Wildman–Crippen LogP) is 6.20. The number of likely N-dealkylation sites (N-methyl/N-ethyl adjacent to an activating group) is 1. The summed E-state index contributed by atoms with van der Waals surface area (Å²) in [6.07, 6.45) is 13.9. The second-order valence-electron chi connectivity index (χ2n) is 19.8. The number of amides is 2. The van der Waals surface area contributed by atoms with Crippen LogP contribution in [0.25, 0.3) is 0 Å². The first-order chi connectivity index (χ1) is 24.5. The molecule has 6 fully saturated rings. The molecule has 52 heavy (non-hydrogen) atoms. The second kappa shape index (κ2) is 14.8. The Morgan fingerprint density at radius 1 is 0.827 bits per heavy atom. The fraction of sp³-hybridized carbons (Fsp3) is 0.884. The molecule has 6 aliphatic rings.